The summed E-state index contributed by atoms with van der Waals surface area (Å²) in [6.07, 6.45) is 0. The molecule has 1 heterocycles. The Morgan fingerprint density at radius 1 is 1.20 bits per heavy atom. The number of benzene rings is 2. The second-order valence-electron chi connectivity index (χ2n) is 4.63. The zero-order valence-electron chi connectivity index (χ0n) is 10.6. The molecule has 5 heteroatoms. The number of hydrogen-bond acceptors (Lipinski definition) is 3. The highest BCUT2D eigenvalue weighted by Crippen LogP contribution is 2.32. The number of hydrogen-bond donors (Lipinski definition) is 2. The number of fused-ring (bicyclic) bond motifs is 1. The minimum absolute atomic E-state index is 0.0596. The summed E-state index contributed by atoms with van der Waals surface area (Å²) >= 11 is 3.44. The van der Waals surface area contributed by atoms with Gasteiger partial charge in [-0.3, -0.25) is 4.79 Å². The van der Waals surface area contributed by atoms with Crippen molar-refractivity contribution in [2.45, 2.75) is 6.04 Å². The molecule has 1 aliphatic heterocycles. The van der Waals surface area contributed by atoms with Gasteiger partial charge < -0.3 is 15.8 Å². The molecule has 2 aromatic rings. The first kappa shape index (κ1) is 13.1. The quantitative estimate of drug-likeness (QED) is 0.888. The highest BCUT2D eigenvalue weighted by molar-refractivity contribution is 9.10. The van der Waals surface area contributed by atoms with Gasteiger partial charge in [0.1, 0.15) is 5.75 Å². The predicted octanol–water partition coefficient (Wildman–Crippen LogP) is 2.83. The van der Waals surface area contributed by atoms with Gasteiger partial charge in [-0.15, -0.1) is 0 Å². The van der Waals surface area contributed by atoms with E-state index < -0.39 is 0 Å². The summed E-state index contributed by atoms with van der Waals surface area (Å²) in [5, 5.41) is 2.79. The summed E-state index contributed by atoms with van der Waals surface area (Å²) < 4.78 is 6.32. The molecule has 3 rings (SSSR count). The van der Waals surface area contributed by atoms with Crippen LogP contribution in [-0.2, 0) is 4.79 Å². The van der Waals surface area contributed by atoms with E-state index >= 15 is 0 Å². The SMILES string of the molecule is NC(c1cccc(Br)c1)c1ccc2c(c1)NC(=O)CO2. The Balaban J connectivity index is 1.94. The zero-order chi connectivity index (χ0) is 14.1. The van der Waals surface area contributed by atoms with E-state index in [0.717, 1.165) is 15.6 Å². The summed E-state index contributed by atoms with van der Waals surface area (Å²) in [4.78, 5) is 11.3. The zero-order valence-corrected chi connectivity index (χ0v) is 12.2. The smallest absolute Gasteiger partial charge is 0.262 e. The normalized spacial score (nSPS) is 15.0. The molecule has 0 saturated carbocycles. The van der Waals surface area contributed by atoms with E-state index in [0.29, 0.717) is 11.4 Å². The van der Waals surface area contributed by atoms with Gasteiger partial charge in [0.15, 0.2) is 6.61 Å². The van der Waals surface area contributed by atoms with Crippen molar-refractivity contribution in [3.63, 3.8) is 0 Å². The number of halogens is 1. The number of carbonyl (C=O) groups excluding carboxylic acids is 1. The minimum atomic E-state index is -0.253. The van der Waals surface area contributed by atoms with Crippen LogP contribution in [0.15, 0.2) is 46.9 Å². The number of rotatable bonds is 2. The Morgan fingerprint density at radius 2 is 2.00 bits per heavy atom. The lowest BCUT2D eigenvalue weighted by molar-refractivity contribution is -0.118. The standard InChI is InChI=1S/C15H13BrN2O2/c16-11-3-1-2-9(6-11)15(17)10-4-5-13-12(7-10)18-14(19)8-20-13/h1-7,15H,8,17H2,(H,18,19). The number of ether oxygens (including phenoxy) is 1. The van der Waals surface area contributed by atoms with Gasteiger partial charge in [-0.2, -0.15) is 0 Å². The van der Waals surface area contributed by atoms with Gasteiger partial charge in [-0.25, -0.2) is 0 Å². The first-order valence-electron chi connectivity index (χ1n) is 6.21. The lowest BCUT2D eigenvalue weighted by Gasteiger charge is -2.20. The van der Waals surface area contributed by atoms with E-state index in [2.05, 4.69) is 21.2 Å². The third-order valence-electron chi connectivity index (χ3n) is 3.20. The number of amides is 1. The Kier molecular flexibility index (Phi) is 3.46. The van der Waals surface area contributed by atoms with Crippen LogP contribution >= 0.6 is 15.9 Å². The van der Waals surface area contributed by atoms with Crippen molar-refractivity contribution >= 4 is 27.5 Å². The molecule has 1 unspecified atom stereocenters. The maximum Gasteiger partial charge on any atom is 0.262 e. The van der Waals surface area contributed by atoms with Gasteiger partial charge in [0.05, 0.1) is 11.7 Å². The summed E-state index contributed by atoms with van der Waals surface area (Å²) in [5.74, 6) is 0.528. The van der Waals surface area contributed by atoms with Gasteiger partial charge in [-0.05, 0) is 35.4 Å². The first-order valence-corrected chi connectivity index (χ1v) is 7.00. The summed E-state index contributed by atoms with van der Waals surface area (Å²) in [5.41, 5.74) is 8.88. The molecule has 0 radical (unpaired) electrons. The molecule has 0 fully saturated rings. The second kappa shape index (κ2) is 5.26. The molecule has 0 aromatic heterocycles. The lowest BCUT2D eigenvalue weighted by Crippen LogP contribution is -2.25. The molecule has 0 saturated heterocycles. The maximum absolute atomic E-state index is 11.3. The fourth-order valence-electron chi connectivity index (χ4n) is 2.19. The average Bonchev–Trinajstić information content (AvgIpc) is 2.45. The summed E-state index contributed by atoms with van der Waals surface area (Å²) in [6, 6.07) is 13.2. The van der Waals surface area contributed by atoms with Crippen LogP contribution in [-0.4, -0.2) is 12.5 Å². The van der Waals surface area contributed by atoms with E-state index in [-0.39, 0.29) is 18.6 Å². The van der Waals surface area contributed by atoms with Crippen LogP contribution in [0.3, 0.4) is 0 Å². The predicted molar refractivity (Wildman–Crippen MR) is 80.7 cm³/mol. The van der Waals surface area contributed by atoms with Crippen LogP contribution in [0.5, 0.6) is 5.75 Å². The average molecular weight is 333 g/mol. The Bertz CT molecular complexity index is 673. The second-order valence-corrected chi connectivity index (χ2v) is 5.54. The molecule has 0 bridgehead atoms. The molecular formula is C15H13BrN2O2. The maximum atomic E-state index is 11.3. The number of anilines is 1. The Labute approximate surface area is 125 Å². The summed E-state index contributed by atoms with van der Waals surface area (Å²) in [6.45, 7) is 0.0596. The monoisotopic (exact) mass is 332 g/mol. The Hall–Kier alpha value is -1.85. The van der Waals surface area contributed by atoms with Gasteiger partial charge >= 0.3 is 0 Å². The van der Waals surface area contributed by atoms with Crippen LogP contribution in [0, 0.1) is 0 Å². The van der Waals surface area contributed by atoms with E-state index in [4.69, 9.17) is 10.5 Å². The molecule has 2 aromatic carbocycles. The highest BCUT2D eigenvalue weighted by atomic mass is 79.9. The van der Waals surface area contributed by atoms with Crippen molar-refractivity contribution in [2.75, 3.05) is 11.9 Å². The van der Waals surface area contributed by atoms with Crippen molar-refractivity contribution in [3.8, 4) is 5.75 Å². The molecule has 102 valence electrons. The topological polar surface area (TPSA) is 64.3 Å². The molecule has 1 aliphatic rings. The highest BCUT2D eigenvalue weighted by Gasteiger charge is 2.18. The molecule has 20 heavy (non-hydrogen) atoms. The molecule has 3 N–H and O–H groups in total. The van der Waals surface area contributed by atoms with Crippen molar-refractivity contribution in [3.05, 3.63) is 58.1 Å². The number of carbonyl (C=O) groups is 1. The van der Waals surface area contributed by atoms with E-state index in [9.17, 15) is 4.79 Å². The van der Waals surface area contributed by atoms with Crippen LogP contribution in [0.2, 0.25) is 0 Å². The molecule has 1 atom stereocenters. The van der Waals surface area contributed by atoms with Crippen molar-refractivity contribution in [2.24, 2.45) is 5.73 Å². The molecule has 1 amide bonds. The lowest BCUT2D eigenvalue weighted by atomic mass is 9.99. The van der Waals surface area contributed by atoms with Crippen LogP contribution < -0.4 is 15.8 Å². The van der Waals surface area contributed by atoms with Gasteiger partial charge in [0, 0.05) is 4.47 Å². The van der Waals surface area contributed by atoms with E-state index in [1.807, 2.05) is 42.5 Å². The number of nitrogens with two attached hydrogens (primary N) is 1. The first-order chi connectivity index (χ1) is 9.63. The van der Waals surface area contributed by atoms with Crippen LogP contribution in [0.1, 0.15) is 17.2 Å². The fraction of sp³-hybridized carbons (Fsp3) is 0.133. The number of nitrogens with one attached hydrogen (secondary N) is 1. The van der Waals surface area contributed by atoms with E-state index in [1.165, 1.54) is 0 Å². The van der Waals surface area contributed by atoms with Gasteiger partial charge in [0.25, 0.3) is 5.91 Å². The molecule has 0 aliphatic carbocycles. The Morgan fingerprint density at radius 3 is 2.80 bits per heavy atom. The third kappa shape index (κ3) is 2.55. The third-order valence-corrected chi connectivity index (χ3v) is 3.70. The van der Waals surface area contributed by atoms with Gasteiger partial charge in [-0.1, -0.05) is 34.1 Å². The van der Waals surface area contributed by atoms with Gasteiger partial charge in [0.2, 0.25) is 0 Å². The van der Waals surface area contributed by atoms with Crippen molar-refractivity contribution in [1.82, 2.24) is 0 Å². The minimum Gasteiger partial charge on any atom is -0.482 e. The van der Waals surface area contributed by atoms with Crippen LogP contribution in [0.4, 0.5) is 5.69 Å². The largest absolute Gasteiger partial charge is 0.482 e. The molecular weight excluding hydrogens is 320 g/mol. The van der Waals surface area contributed by atoms with Crippen molar-refractivity contribution in [1.29, 1.82) is 0 Å². The van der Waals surface area contributed by atoms with E-state index in [1.54, 1.807) is 0 Å². The molecule has 4 nitrogen and oxygen atoms in total. The van der Waals surface area contributed by atoms with Crippen LogP contribution in [0.25, 0.3) is 0 Å². The fourth-order valence-corrected chi connectivity index (χ4v) is 2.60. The van der Waals surface area contributed by atoms with Crippen molar-refractivity contribution < 1.29 is 9.53 Å². The summed E-state index contributed by atoms with van der Waals surface area (Å²) in [7, 11) is 0. The molecule has 0 spiro atoms.